The summed E-state index contributed by atoms with van der Waals surface area (Å²) in [5.74, 6) is 0.541. The van der Waals surface area contributed by atoms with Gasteiger partial charge in [-0.15, -0.1) is 5.10 Å². The third-order valence-corrected chi connectivity index (χ3v) is 4.47. The van der Waals surface area contributed by atoms with Gasteiger partial charge in [-0.25, -0.2) is 4.68 Å². The molecule has 31 heavy (non-hydrogen) atoms. The van der Waals surface area contributed by atoms with Crippen molar-refractivity contribution in [1.29, 1.82) is 0 Å². The van der Waals surface area contributed by atoms with E-state index < -0.39 is 0 Å². The molecule has 1 atom stereocenters. The Labute approximate surface area is 188 Å². The summed E-state index contributed by atoms with van der Waals surface area (Å²) < 4.78 is 7.64. The summed E-state index contributed by atoms with van der Waals surface area (Å²) in [6, 6.07) is 0. The van der Waals surface area contributed by atoms with E-state index in [9.17, 15) is 9.59 Å². The highest BCUT2D eigenvalue weighted by atomic mass is 16.5. The molecule has 8 nitrogen and oxygen atoms in total. The normalized spacial score (nSPS) is 16.4. The second-order valence-corrected chi connectivity index (χ2v) is 9.20. The van der Waals surface area contributed by atoms with Crippen LogP contribution in [0.15, 0.2) is 6.20 Å². The lowest BCUT2D eigenvalue weighted by molar-refractivity contribution is -0.140. The van der Waals surface area contributed by atoms with Crippen molar-refractivity contribution in [3.8, 4) is 0 Å². The molecular formula is C23H44N4O4. The molecule has 0 saturated carbocycles. The first kappa shape index (κ1) is 29.2. The molecule has 0 radical (unpaired) electrons. The predicted molar refractivity (Wildman–Crippen MR) is 122 cm³/mol. The summed E-state index contributed by atoms with van der Waals surface area (Å²) in [6.45, 7) is 19.9. The number of aromatic nitrogens is 3. The maximum absolute atomic E-state index is 12.0. The van der Waals surface area contributed by atoms with Crippen LogP contribution in [-0.2, 0) is 27.4 Å². The van der Waals surface area contributed by atoms with Gasteiger partial charge in [0.15, 0.2) is 0 Å². The molecule has 2 rings (SSSR count). The van der Waals surface area contributed by atoms with E-state index in [1.54, 1.807) is 17.8 Å². The van der Waals surface area contributed by atoms with Crippen molar-refractivity contribution < 1.29 is 19.4 Å². The van der Waals surface area contributed by atoms with Crippen molar-refractivity contribution in [3.05, 3.63) is 11.9 Å². The average Bonchev–Trinajstić information content (AvgIpc) is 3.22. The smallest absolute Gasteiger partial charge is 0.232 e. The summed E-state index contributed by atoms with van der Waals surface area (Å²) >= 11 is 0. The number of hydrogen-bond donors (Lipinski definition) is 1. The first-order valence-electron chi connectivity index (χ1n) is 11.4. The zero-order valence-corrected chi connectivity index (χ0v) is 21.0. The van der Waals surface area contributed by atoms with E-state index in [1.165, 1.54) is 4.90 Å². The maximum Gasteiger partial charge on any atom is 0.232 e. The number of likely N-dealkylation sites (tertiary alicyclic amines) is 1. The van der Waals surface area contributed by atoms with E-state index in [1.807, 2.05) is 41.5 Å². The molecule has 8 heteroatoms. The highest BCUT2D eigenvalue weighted by molar-refractivity contribution is 6.03. The number of carbonyl (C=O) groups is 2. The van der Waals surface area contributed by atoms with Crippen LogP contribution in [-0.4, -0.2) is 55.6 Å². The van der Waals surface area contributed by atoms with Gasteiger partial charge in [0.2, 0.25) is 11.8 Å². The van der Waals surface area contributed by atoms with Crippen LogP contribution in [0.4, 0.5) is 0 Å². The Kier molecular flexibility index (Phi) is 13.5. The van der Waals surface area contributed by atoms with E-state index in [0.29, 0.717) is 37.3 Å². The minimum Gasteiger partial charge on any atom is -0.396 e. The molecule has 1 aromatic heterocycles. The third kappa shape index (κ3) is 11.4. The van der Waals surface area contributed by atoms with Gasteiger partial charge in [-0.3, -0.25) is 14.5 Å². The molecular weight excluding hydrogens is 396 g/mol. The lowest BCUT2D eigenvalue weighted by Crippen LogP contribution is -2.31. The first-order valence-corrected chi connectivity index (χ1v) is 11.4. The molecule has 1 aliphatic heterocycles. The van der Waals surface area contributed by atoms with E-state index in [4.69, 9.17) is 9.84 Å². The second kappa shape index (κ2) is 14.3. The van der Waals surface area contributed by atoms with Crippen molar-refractivity contribution in [3.63, 3.8) is 0 Å². The van der Waals surface area contributed by atoms with Crippen LogP contribution >= 0.6 is 0 Å². The zero-order chi connectivity index (χ0) is 24.2. The molecule has 2 heterocycles. The first-order chi connectivity index (χ1) is 14.4. The SMILES string of the molecule is CC.CC(C)CCOC(C)(C)Cn1cc(CN2C(=O)CC(C)C2=O)nn1.CC(C)CO. The van der Waals surface area contributed by atoms with E-state index >= 15 is 0 Å². The molecule has 1 saturated heterocycles. The summed E-state index contributed by atoms with van der Waals surface area (Å²) in [5.41, 5.74) is 0.261. The molecule has 1 fully saturated rings. The Morgan fingerprint density at radius 2 is 1.77 bits per heavy atom. The molecule has 0 aromatic carbocycles. The fourth-order valence-electron chi connectivity index (χ4n) is 2.67. The van der Waals surface area contributed by atoms with Gasteiger partial charge in [0, 0.05) is 25.6 Å². The molecule has 0 spiro atoms. The number of rotatable bonds is 9. The molecule has 0 bridgehead atoms. The lowest BCUT2D eigenvalue weighted by Gasteiger charge is -2.25. The van der Waals surface area contributed by atoms with Gasteiger partial charge >= 0.3 is 0 Å². The predicted octanol–water partition coefficient (Wildman–Crippen LogP) is 3.68. The van der Waals surface area contributed by atoms with Crippen LogP contribution in [0.5, 0.6) is 0 Å². The highest BCUT2D eigenvalue weighted by Crippen LogP contribution is 2.21. The quantitative estimate of drug-likeness (QED) is 0.588. The van der Waals surface area contributed by atoms with Gasteiger partial charge in [-0.2, -0.15) is 0 Å². The minimum atomic E-state index is -0.354. The summed E-state index contributed by atoms with van der Waals surface area (Å²) in [5, 5.41) is 16.3. The van der Waals surface area contributed by atoms with Crippen LogP contribution < -0.4 is 0 Å². The molecule has 2 amide bonds. The minimum absolute atomic E-state index is 0.133. The second-order valence-electron chi connectivity index (χ2n) is 9.20. The van der Waals surface area contributed by atoms with E-state index in [2.05, 4.69) is 24.2 Å². The fourth-order valence-corrected chi connectivity index (χ4v) is 2.67. The van der Waals surface area contributed by atoms with E-state index in [-0.39, 0.29) is 36.3 Å². The number of aliphatic hydroxyl groups excluding tert-OH is 1. The largest absolute Gasteiger partial charge is 0.396 e. The topological polar surface area (TPSA) is 97.6 Å². The fraction of sp³-hybridized carbons (Fsp3) is 0.826. The molecule has 0 aliphatic carbocycles. The summed E-state index contributed by atoms with van der Waals surface area (Å²) in [7, 11) is 0. The van der Waals surface area contributed by atoms with E-state index in [0.717, 1.165) is 6.42 Å². The standard InChI is InChI=1S/C17H28N4O3.C4H10O.C2H6/c1-12(2)6-7-24-17(4,5)11-20-9-14(18-19-20)10-21-15(22)8-13(3)16(21)23;1-4(2)3-5;1-2/h9,12-13H,6-8,10-11H2,1-5H3;4-5H,3H2,1-2H3;1-2H3. The van der Waals surface area contributed by atoms with Crippen molar-refractivity contribution in [2.75, 3.05) is 13.2 Å². The Bertz CT molecular complexity index is 656. The van der Waals surface area contributed by atoms with Crippen LogP contribution in [0.3, 0.4) is 0 Å². The highest BCUT2D eigenvalue weighted by Gasteiger charge is 2.35. The Morgan fingerprint density at radius 3 is 2.23 bits per heavy atom. The number of hydrogen-bond acceptors (Lipinski definition) is 6. The molecule has 1 aromatic rings. The van der Waals surface area contributed by atoms with Crippen molar-refractivity contribution in [2.24, 2.45) is 17.8 Å². The van der Waals surface area contributed by atoms with Crippen molar-refractivity contribution >= 4 is 11.8 Å². The van der Waals surface area contributed by atoms with Crippen LogP contribution in [0.2, 0.25) is 0 Å². The number of amides is 2. The number of ether oxygens (including phenoxy) is 1. The van der Waals surface area contributed by atoms with Gasteiger partial charge < -0.3 is 9.84 Å². The monoisotopic (exact) mass is 440 g/mol. The van der Waals surface area contributed by atoms with Crippen molar-refractivity contribution in [1.82, 2.24) is 19.9 Å². The number of imide groups is 1. The van der Waals surface area contributed by atoms with Gasteiger partial charge in [0.25, 0.3) is 0 Å². The number of nitrogens with zero attached hydrogens (tertiary/aromatic N) is 4. The number of carbonyl (C=O) groups excluding carboxylic acids is 2. The summed E-state index contributed by atoms with van der Waals surface area (Å²) in [4.78, 5) is 25.1. The summed E-state index contributed by atoms with van der Waals surface area (Å²) in [6.07, 6.45) is 3.07. The van der Waals surface area contributed by atoms with Crippen molar-refractivity contribution in [2.45, 2.75) is 93.8 Å². The molecule has 180 valence electrons. The molecule has 1 unspecified atom stereocenters. The van der Waals surface area contributed by atoms with Crippen LogP contribution in [0.1, 0.15) is 80.8 Å². The Morgan fingerprint density at radius 1 is 1.19 bits per heavy atom. The maximum atomic E-state index is 12.0. The Hall–Kier alpha value is -1.80. The zero-order valence-electron chi connectivity index (χ0n) is 21.0. The van der Waals surface area contributed by atoms with Crippen LogP contribution in [0.25, 0.3) is 0 Å². The Balaban J connectivity index is 0.00000113. The van der Waals surface area contributed by atoms with Gasteiger partial charge in [-0.1, -0.05) is 53.7 Å². The van der Waals surface area contributed by atoms with Gasteiger partial charge in [-0.05, 0) is 32.1 Å². The lowest BCUT2D eigenvalue weighted by atomic mass is 10.1. The van der Waals surface area contributed by atoms with Gasteiger partial charge in [0.1, 0.15) is 5.69 Å². The number of aliphatic hydroxyl groups is 1. The van der Waals surface area contributed by atoms with Crippen LogP contribution in [0, 0.1) is 17.8 Å². The van der Waals surface area contributed by atoms with Gasteiger partial charge in [0.05, 0.1) is 24.9 Å². The third-order valence-electron chi connectivity index (χ3n) is 4.47. The molecule has 1 N–H and O–H groups in total. The average molecular weight is 441 g/mol. The molecule has 1 aliphatic rings.